The topological polar surface area (TPSA) is 78.7 Å². The molecule has 106 valence electrons. The zero-order chi connectivity index (χ0) is 15.4. The van der Waals surface area contributed by atoms with Crippen LogP contribution in [0.5, 0.6) is 0 Å². The van der Waals surface area contributed by atoms with Gasteiger partial charge in [-0.25, -0.2) is 4.98 Å². The number of para-hydroxylation sites is 2. The highest BCUT2D eigenvalue weighted by molar-refractivity contribution is 5.93. The fourth-order valence-corrected chi connectivity index (χ4v) is 2.04. The molecule has 2 aromatic carbocycles. The fraction of sp³-hybridized carbons (Fsp3) is 0.0588. The molecule has 1 amide bonds. The van der Waals surface area contributed by atoms with Crippen LogP contribution in [0.3, 0.4) is 0 Å². The van der Waals surface area contributed by atoms with E-state index < -0.39 is 0 Å². The molecule has 0 radical (unpaired) electrons. The Bertz CT molecular complexity index is 866. The minimum Gasteiger partial charge on any atom is -0.347 e. The average Bonchev–Trinajstić information content (AvgIpc) is 2.59. The SMILES string of the molecule is N#Cc1ccc(CNC(=O)c2cnc3ccccc3n2)cc1. The quantitative estimate of drug-likeness (QED) is 0.802. The van der Waals surface area contributed by atoms with E-state index in [-0.39, 0.29) is 11.6 Å². The van der Waals surface area contributed by atoms with Crippen LogP contribution in [-0.2, 0) is 6.54 Å². The molecule has 0 aliphatic heterocycles. The first-order chi connectivity index (χ1) is 10.8. The lowest BCUT2D eigenvalue weighted by Crippen LogP contribution is -2.24. The average molecular weight is 288 g/mol. The number of hydrogen-bond acceptors (Lipinski definition) is 4. The second-order valence-electron chi connectivity index (χ2n) is 4.74. The van der Waals surface area contributed by atoms with Crippen LogP contribution in [0.4, 0.5) is 0 Å². The molecular formula is C17H12N4O. The van der Waals surface area contributed by atoms with E-state index in [0.29, 0.717) is 17.6 Å². The monoisotopic (exact) mass is 288 g/mol. The standard InChI is InChI=1S/C17H12N4O/c18-9-12-5-7-13(8-6-12)10-20-17(22)16-11-19-14-3-1-2-4-15(14)21-16/h1-8,11H,10H2,(H,20,22). The predicted octanol–water partition coefficient (Wildman–Crippen LogP) is 2.43. The molecular weight excluding hydrogens is 276 g/mol. The summed E-state index contributed by atoms with van der Waals surface area (Å²) in [6.07, 6.45) is 1.47. The van der Waals surface area contributed by atoms with E-state index in [1.165, 1.54) is 6.20 Å². The molecule has 0 atom stereocenters. The summed E-state index contributed by atoms with van der Waals surface area (Å²) in [5.41, 5.74) is 3.24. The number of carbonyl (C=O) groups is 1. The molecule has 1 heterocycles. The normalized spacial score (nSPS) is 10.1. The first-order valence-electron chi connectivity index (χ1n) is 6.75. The third-order valence-electron chi connectivity index (χ3n) is 3.22. The summed E-state index contributed by atoms with van der Waals surface area (Å²) in [4.78, 5) is 20.6. The van der Waals surface area contributed by atoms with Crippen molar-refractivity contribution in [3.8, 4) is 6.07 Å². The van der Waals surface area contributed by atoms with E-state index in [1.54, 1.807) is 12.1 Å². The van der Waals surface area contributed by atoms with Crippen LogP contribution >= 0.6 is 0 Å². The smallest absolute Gasteiger partial charge is 0.271 e. The second kappa shape index (κ2) is 6.02. The maximum Gasteiger partial charge on any atom is 0.271 e. The van der Waals surface area contributed by atoms with Crippen molar-refractivity contribution in [2.75, 3.05) is 0 Å². The Labute approximate surface area is 127 Å². The van der Waals surface area contributed by atoms with Gasteiger partial charge in [-0.2, -0.15) is 5.26 Å². The maximum absolute atomic E-state index is 12.1. The van der Waals surface area contributed by atoms with E-state index in [0.717, 1.165) is 11.1 Å². The van der Waals surface area contributed by atoms with E-state index in [9.17, 15) is 4.79 Å². The molecule has 3 aromatic rings. The Morgan fingerprint density at radius 3 is 2.55 bits per heavy atom. The summed E-state index contributed by atoms with van der Waals surface area (Å²) in [6.45, 7) is 0.374. The molecule has 22 heavy (non-hydrogen) atoms. The number of carbonyl (C=O) groups excluding carboxylic acids is 1. The van der Waals surface area contributed by atoms with Crippen molar-refractivity contribution in [2.45, 2.75) is 6.54 Å². The minimum atomic E-state index is -0.275. The molecule has 0 fully saturated rings. The summed E-state index contributed by atoms with van der Waals surface area (Å²) in [5, 5.41) is 11.5. The van der Waals surface area contributed by atoms with Gasteiger partial charge in [0.2, 0.25) is 0 Å². The first-order valence-corrected chi connectivity index (χ1v) is 6.75. The van der Waals surface area contributed by atoms with E-state index in [1.807, 2.05) is 36.4 Å². The zero-order valence-electron chi connectivity index (χ0n) is 11.7. The van der Waals surface area contributed by atoms with Crippen molar-refractivity contribution in [3.63, 3.8) is 0 Å². The van der Waals surface area contributed by atoms with Gasteiger partial charge in [-0.1, -0.05) is 24.3 Å². The summed E-state index contributed by atoms with van der Waals surface area (Å²) >= 11 is 0. The highest BCUT2D eigenvalue weighted by Gasteiger charge is 2.08. The number of nitriles is 1. The van der Waals surface area contributed by atoms with Crippen molar-refractivity contribution >= 4 is 16.9 Å². The molecule has 0 aliphatic rings. The zero-order valence-corrected chi connectivity index (χ0v) is 11.7. The molecule has 0 saturated heterocycles. The third kappa shape index (κ3) is 2.91. The van der Waals surface area contributed by atoms with Gasteiger partial charge in [0.25, 0.3) is 5.91 Å². The van der Waals surface area contributed by atoms with Gasteiger partial charge < -0.3 is 5.32 Å². The summed E-state index contributed by atoms with van der Waals surface area (Å²) in [6, 6.07) is 16.5. The predicted molar refractivity (Wildman–Crippen MR) is 81.9 cm³/mol. The number of benzene rings is 2. The Balaban J connectivity index is 1.71. The van der Waals surface area contributed by atoms with Crippen LogP contribution in [0.1, 0.15) is 21.6 Å². The second-order valence-corrected chi connectivity index (χ2v) is 4.74. The molecule has 0 aliphatic carbocycles. The van der Waals surface area contributed by atoms with Crippen LogP contribution in [-0.4, -0.2) is 15.9 Å². The lowest BCUT2D eigenvalue weighted by atomic mass is 10.1. The van der Waals surface area contributed by atoms with Crippen LogP contribution in [0.2, 0.25) is 0 Å². The number of nitrogens with one attached hydrogen (secondary N) is 1. The highest BCUT2D eigenvalue weighted by atomic mass is 16.1. The lowest BCUT2D eigenvalue weighted by Gasteiger charge is -2.05. The largest absolute Gasteiger partial charge is 0.347 e. The number of hydrogen-bond donors (Lipinski definition) is 1. The first kappa shape index (κ1) is 13.7. The Morgan fingerprint density at radius 1 is 1.09 bits per heavy atom. The van der Waals surface area contributed by atoms with E-state index >= 15 is 0 Å². The van der Waals surface area contributed by atoms with Gasteiger partial charge >= 0.3 is 0 Å². The molecule has 0 unspecified atom stereocenters. The lowest BCUT2D eigenvalue weighted by molar-refractivity contribution is 0.0946. The number of nitrogens with zero attached hydrogens (tertiary/aromatic N) is 3. The Morgan fingerprint density at radius 2 is 1.82 bits per heavy atom. The van der Waals surface area contributed by atoms with Crippen molar-refractivity contribution < 1.29 is 4.79 Å². The van der Waals surface area contributed by atoms with E-state index in [4.69, 9.17) is 5.26 Å². The van der Waals surface area contributed by atoms with Gasteiger partial charge in [0.1, 0.15) is 5.69 Å². The highest BCUT2D eigenvalue weighted by Crippen LogP contribution is 2.09. The van der Waals surface area contributed by atoms with Crippen molar-refractivity contribution in [1.29, 1.82) is 5.26 Å². The summed E-state index contributed by atoms with van der Waals surface area (Å²) < 4.78 is 0. The number of amides is 1. The van der Waals surface area contributed by atoms with E-state index in [2.05, 4.69) is 21.4 Å². The van der Waals surface area contributed by atoms with Crippen molar-refractivity contribution in [3.05, 3.63) is 71.5 Å². The van der Waals surface area contributed by atoms with Gasteiger partial charge in [0.15, 0.2) is 0 Å². The molecule has 1 N–H and O–H groups in total. The van der Waals surface area contributed by atoms with Crippen LogP contribution in [0.15, 0.2) is 54.7 Å². The van der Waals surface area contributed by atoms with Crippen LogP contribution in [0.25, 0.3) is 11.0 Å². The van der Waals surface area contributed by atoms with Gasteiger partial charge in [0, 0.05) is 6.54 Å². The molecule has 0 bridgehead atoms. The van der Waals surface area contributed by atoms with Crippen LogP contribution in [0, 0.1) is 11.3 Å². The molecule has 0 saturated carbocycles. The van der Waals surface area contributed by atoms with Gasteiger partial charge in [-0.05, 0) is 29.8 Å². The Kier molecular flexibility index (Phi) is 3.75. The van der Waals surface area contributed by atoms with Crippen LogP contribution < -0.4 is 5.32 Å². The molecule has 5 nitrogen and oxygen atoms in total. The third-order valence-corrected chi connectivity index (χ3v) is 3.22. The number of aromatic nitrogens is 2. The van der Waals surface area contributed by atoms with Gasteiger partial charge in [0.05, 0.1) is 28.9 Å². The summed E-state index contributed by atoms with van der Waals surface area (Å²) in [7, 11) is 0. The minimum absolute atomic E-state index is 0.275. The maximum atomic E-state index is 12.1. The van der Waals surface area contributed by atoms with Crippen molar-refractivity contribution in [1.82, 2.24) is 15.3 Å². The van der Waals surface area contributed by atoms with Gasteiger partial charge in [-0.15, -0.1) is 0 Å². The molecule has 1 aromatic heterocycles. The number of rotatable bonds is 3. The molecule has 3 rings (SSSR count). The van der Waals surface area contributed by atoms with Crippen molar-refractivity contribution in [2.24, 2.45) is 0 Å². The number of fused-ring (bicyclic) bond motifs is 1. The molecule has 5 heteroatoms. The summed E-state index contributed by atoms with van der Waals surface area (Å²) in [5.74, 6) is -0.275. The Hall–Kier alpha value is -3.26. The van der Waals surface area contributed by atoms with Gasteiger partial charge in [-0.3, -0.25) is 9.78 Å². The fourth-order valence-electron chi connectivity index (χ4n) is 2.04. The molecule has 0 spiro atoms.